The maximum absolute atomic E-state index is 12.8. The molecule has 0 fully saturated rings. The second-order valence-electron chi connectivity index (χ2n) is 17.4. The largest absolute Gasteiger partial charge is 0.462 e. The number of esters is 3. The van der Waals surface area contributed by atoms with Crippen LogP contribution < -0.4 is 0 Å². The molecule has 0 unspecified atom stereocenters. The molecule has 0 saturated carbocycles. The van der Waals surface area contributed by atoms with Gasteiger partial charge in [0.15, 0.2) is 6.10 Å². The molecule has 0 N–H and O–H groups in total. The average molecular weight is 927 g/mol. The van der Waals surface area contributed by atoms with Gasteiger partial charge >= 0.3 is 17.9 Å². The molecule has 0 aromatic rings. The van der Waals surface area contributed by atoms with E-state index >= 15 is 0 Å². The summed E-state index contributed by atoms with van der Waals surface area (Å²) in [5.41, 5.74) is 0. The van der Waals surface area contributed by atoms with Crippen LogP contribution in [-0.4, -0.2) is 37.2 Å². The number of rotatable bonds is 47. The number of hydrogen-bond donors (Lipinski definition) is 0. The molecular formula is C61H98O6. The van der Waals surface area contributed by atoms with E-state index < -0.39 is 12.1 Å². The molecule has 0 aromatic carbocycles. The summed E-state index contributed by atoms with van der Waals surface area (Å²) in [5.74, 6) is -1.09. The van der Waals surface area contributed by atoms with Gasteiger partial charge < -0.3 is 14.2 Å². The van der Waals surface area contributed by atoms with Crippen molar-refractivity contribution in [2.24, 2.45) is 0 Å². The van der Waals surface area contributed by atoms with Crippen molar-refractivity contribution in [1.29, 1.82) is 0 Å². The lowest BCUT2D eigenvalue weighted by Crippen LogP contribution is -2.30. The molecule has 0 aliphatic rings. The van der Waals surface area contributed by atoms with Crippen LogP contribution in [0.1, 0.15) is 226 Å². The molecule has 0 bridgehead atoms. The molecule has 6 nitrogen and oxygen atoms in total. The summed E-state index contributed by atoms with van der Waals surface area (Å²) in [7, 11) is 0. The van der Waals surface area contributed by atoms with Gasteiger partial charge in [-0.2, -0.15) is 0 Å². The number of hydrogen-bond acceptors (Lipinski definition) is 6. The molecule has 0 aromatic heterocycles. The van der Waals surface area contributed by atoms with E-state index in [9.17, 15) is 14.4 Å². The zero-order valence-electron chi connectivity index (χ0n) is 43.1. The molecule has 67 heavy (non-hydrogen) atoms. The zero-order valence-corrected chi connectivity index (χ0v) is 43.1. The van der Waals surface area contributed by atoms with Gasteiger partial charge in [0.2, 0.25) is 0 Å². The SMILES string of the molecule is CCCCC/C=C\C/C=C\C/C=C\C/C=C\C/C=C\CCC(=O)O[C@H](COC(=O)CCC/C=C\C/C=C\C/C=C\C/C=C\CCCCC)COC(=O)CCCCCCC/C=C\CCCCCC. The standard InChI is InChI=1S/C61H98O6/c1-4-7-10-13-16-19-22-25-27-29-30-32-34-37-40-43-46-49-52-55-61(64)67-58(56-65-59(62)53-50-47-44-41-38-35-24-21-18-15-12-9-6-3)57-66-60(63)54-51-48-45-42-39-36-33-31-28-26-23-20-17-14-11-8-5-2/h16-17,19-21,24-28,30,32-33,36-37,40,42,45-46,49,58H,4-15,18,22-23,29,31,34-35,38-39,41,43-44,47-48,50-57H2,1-3H3/b19-16-,20-17-,24-21-,27-25-,28-26-,32-30-,36-33-,40-37-,45-42-,49-46-/t58-/m0/s1. The molecule has 0 saturated heterocycles. The normalized spacial score (nSPS) is 13.1. The van der Waals surface area contributed by atoms with E-state index in [4.69, 9.17) is 14.2 Å². The highest BCUT2D eigenvalue weighted by atomic mass is 16.6. The second-order valence-corrected chi connectivity index (χ2v) is 17.4. The molecule has 0 radical (unpaired) electrons. The minimum Gasteiger partial charge on any atom is -0.462 e. The van der Waals surface area contributed by atoms with Gasteiger partial charge in [0.1, 0.15) is 13.2 Å². The highest BCUT2D eigenvalue weighted by Crippen LogP contribution is 2.11. The van der Waals surface area contributed by atoms with E-state index in [1.165, 1.54) is 89.9 Å². The van der Waals surface area contributed by atoms with Crippen LogP contribution in [0.3, 0.4) is 0 Å². The summed E-state index contributed by atoms with van der Waals surface area (Å²) >= 11 is 0. The maximum Gasteiger partial charge on any atom is 0.306 e. The van der Waals surface area contributed by atoms with Crippen LogP contribution in [0.5, 0.6) is 0 Å². The molecule has 6 heteroatoms. The van der Waals surface area contributed by atoms with Crippen molar-refractivity contribution in [2.75, 3.05) is 13.2 Å². The average Bonchev–Trinajstić information content (AvgIpc) is 3.33. The van der Waals surface area contributed by atoms with Crippen LogP contribution in [0.15, 0.2) is 122 Å². The molecule has 0 amide bonds. The fourth-order valence-electron chi connectivity index (χ4n) is 6.82. The van der Waals surface area contributed by atoms with Crippen LogP contribution in [0.4, 0.5) is 0 Å². The minimum absolute atomic E-state index is 0.132. The molecule has 378 valence electrons. The van der Waals surface area contributed by atoms with E-state index in [1.807, 2.05) is 12.2 Å². The topological polar surface area (TPSA) is 78.9 Å². The summed E-state index contributed by atoms with van der Waals surface area (Å²) in [6.07, 6.45) is 74.8. The Morgan fingerprint density at radius 3 is 1.00 bits per heavy atom. The summed E-state index contributed by atoms with van der Waals surface area (Å²) in [6, 6.07) is 0. The third-order valence-corrected chi connectivity index (χ3v) is 10.9. The van der Waals surface area contributed by atoms with Gasteiger partial charge in [0.05, 0.1) is 0 Å². The van der Waals surface area contributed by atoms with E-state index in [-0.39, 0.29) is 38.0 Å². The molecule has 1 atom stereocenters. The molecule has 0 heterocycles. The quantitative estimate of drug-likeness (QED) is 0.0262. The van der Waals surface area contributed by atoms with Crippen LogP contribution >= 0.6 is 0 Å². The van der Waals surface area contributed by atoms with Gasteiger partial charge in [-0.15, -0.1) is 0 Å². The first-order valence-electron chi connectivity index (χ1n) is 27.0. The molecule has 0 rings (SSSR count). The Morgan fingerprint density at radius 2 is 0.582 bits per heavy atom. The number of unbranched alkanes of at least 4 members (excludes halogenated alkanes) is 16. The Bertz CT molecular complexity index is 1440. The van der Waals surface area contributed by atoms with Crippen LogP contribution in [0.25, 0.3) is 0 Å². The number of carbonyl (C=O) groups excluding carboxylic acids is 3. The fraction of sp³-hybridized carbons (Fsp3) is 0.623. The van der Waals surface area contributed by atoms with Crippen molar-refractivity contribution in [1.82, 2.24) is 0 Å². The third-order valence-electron chi connectivity index (χ3n) is 10.9. The predicted octanol–water partition coefficient (Wildman–Crippen LogP) is 18.1. The lowest BCUT2D eigenvalue weighted by Gasteiger charge is -2.18. The van der Waals surface area contributed by atoms with E-state index in [0.29, 0.717) is 19.3 Å². The van der Waals surface area contributed by atoms with Crippen LogP contribution in [0.2, 0.25) is 0 Å². The Labute approximate surface area is 412 Å². The Morgan fingerprint density at radius 1 is 0.299 bits per heavy atom. The van der Waals surface area contributed by atoms with Gasteiger partial charge in [-0.3, -0.25) is 14.4 Å². The van der Waals surface area contributed by atoms with Crippen LogP contribution in [-0.2, 0) is 28.6 Å². The van der Waals surface area contributed by atoms with Crippen molar-refractivity contribution in [2.45, 2.75) is 232 Å². The van der Waals surface area contributed by atoms with E-state index in [2.05, 4.69) is 130 Å². The van der Waals surface area contributed by atoms with E-state index in [0.717, 1.165) is 83.5 Å². The Balaban J connectivity index is 4.62. The minimum atomic E-state index is -0.846. The Kier molecular flexibility index (Phi) is 51.0. The van der Waals surface area contributed by atoms with Gasteiger partial charge in [-0.05, 0) is 122 Å². The lowest BCUT2D eigenvalue weighted by atomic mass is 10.1. The molecule has 0 spiro atoms. The number of ether oxygens (including phenoxy) is 3. The fourth-order valence-corrected chi connectivity index (χ4v) is 6.82. The van der Waals surface area contributed by atoms with Crippen molar-refractivity contribution in [3.63, 3.8) is 0 Å². The lowest BCUT2D eigenvalue weighted by molar-refractivity contribution is -0.166. The smallest absolute Gasteiger partial charge is 0.306 e. The number of carbonyl (C=O) groups is 3. The summed E-state index contributed by atoms with van der Waals surface area (Å²) in [5, 5.41) is 0. The van der Waals surface area contributed by atoms with Gasteiger partial charge in [-0.25, -0.2) is 0 Å². The van der Waals surface area contributed by atoms with Crippen molar-refractivity contribution < 1.29 is 28.6 Å². The highest BCUT2D eigenvalue weighted by molar-refractivity contribution is 5.71. The van der Waals surface area contributed by atoms with Crippen molar-refractivity contribution in [3.8, 4) is 0 Å². The summed E-state index contributed by atoms with van der Waals surface area (Å²) in [6.45, 7) is 6.43. The first kappa shape index (κ1) is 62.8. The first-order valence-corrected chi connectivity index (χ1v) is 27.0. The maximum atomic E-state index is 12.8. The van der Waals surface area contributed by atoms with Crippen molar-refractivity contribution >= 4 is 17.9 Å². The number of allylic oxidation sites excluding steroid dienone is 20. The highest BCUT2D eigenvalue weighted by Gasteiger charge is 2.19. The third kappa shape index (κ3) is 52.6. The van der Waals surface area contributed by atoms with Crippen LogP contribution in [0, 0.1) is 0 Å². The van der Waals surface area contributed by atoms with E-state index in [1.54, 1.807) is 0 Å². The van der Waals surface area contributed by atoms with Gasteiger partial charge in [0.25, 0.3) is 0 Å². The summed E-state index contributed by atoms with van der Waals surface area (Å²) < 4.78 is 16.7. The van der Waals surface area contributed by atoms with Gasteiger partial charge in [0, 0.05) is 19.3 Å². The molecule has 0 aliphatic heterocycles. The van der Waals surface area contributed by atoms with Crippen molar-refractivity contribution in [3.05, 3.63) is 122 Å². The molecular weight excluding hydrogens is 829 g/mol. The monoisotopic (exact) mass is 927 g/mol. The van der Waals surface area contributed by atoms with Gasteiger partial charge in [-0.1, -0.05) is 206 Å². The second kappa shape index (κ2) is 54.4. The predicted molar refractivity (Wildman–Crippen MR) is 288 cm³/mol. The molecule has 0 aliphatic carbocycles. The summed E-state index contributed by atoms with van der Waals surface area (Å²) in [4.78, 5) is 38.0. The first-order chi connectivity index (χ1) is 33.0. The Hall–Kier alpha value is -4.19. The zero-order chi connectivity index (χ0) is 48.6.